The highest BCUT2D eigenvalue weighted by atomic mass is 32.2. The lowest BCUT2D eigenvalue weighted by Crippen LogP contribution is -1.97. The van der Waals surface area contributed by atoms with Crippen LogP contribution in [0.5, 0.6) is 0 Å². The topological polar surface area (TPSA) is 78.6 Å². The van der Waals surface area contributed by atoms with Crippen LogP contribution in [0.25, 0.3) is 11.5 Å². The molecule has 0 aromatic carbocycles. The summed E-state index contributed by atoms with van der Waals surface area (Å²) in [6.45, 7) is 0.620. The Balaban J connectivity index is 1.76. The number of ether oxygens (including phenoxy) is 1. The van der Waals surface area contributed by atoms with E-state index >= 15 is 0 Å². The zero-order valence-electron chi connectivity index (χ0n) is 12.1. The Morgan fingerprint density at radius 1 is 1.32 bits per heavy atom. The molecule has 3 heterocycles. The van der Waals surface area contributed by atoms with Gasteiger partial charge in [-0.2, -0.15) is 4.37 Å². The van der Waals surface area contributed by atoms with E-state index in [1.807, 2.05) is 29.8 Å². The van der Waals surface area contributed by atoms with Crippen molar-refractivity contribution in [2.75, 3.05) is 13.7 Å². The molecule has 3 rings (SSSR count). The summed E-state index contributed by atoms with van der Waals surface area (Å²) in [7, 11) is 3.58. The molecular formula is C13H14N6OS2. The van der Waals surface area contributed by atoms with Crippen molar-refractivity contribution in [2.45, 2.75) is 15.9 Å². The van der Waals surface area contributed by atoms with E-state index in [1.165, 1.54) is 23.3 Å². The zero-order chi connectivity index (χ0) is 15.4. The molecule has 0 aliphatic carbocycles. The fraction of sp³-hybridized carbons (Fsp3) is 0.308. The summed E-state index contributed by atoms with van der Waals surface area (Å²) < 4.78 is 12.1. The van der Waals surface area contributed by atoms with Crippen LogP contribution in [0.1, 0.15) is 5.82 Å². The zero-order valence-corrected chi connectivity index (χ0v) is 13.8. The van der Waals surface area contributed by atoms with Crippen molar-refractivity contribution in [1.29, 1.82) is 0 Å². The van der Waals surface area contributed by atoms with Gasteiger partial charge in [0.05, 0.1) is 6.61 Å². The van der Waals surface area contributed by atoms with Crippen LogP contribution >= 0.6 is 23.3 Å². The Morgan fingerprint density at radius 3 is 3.00 bits per heavy atom. The molecule has 0 radical (unpaired) electrons. The SMILES string of the molecule is COCCc1nsc(Sc2nnc(-c3ccccn3)n2C)n1. The van der Waals surface area contributed by atoms with Crippen LogP contribution in [0, 0.1) is 0 Å². The molecule has 3 aromatic rings. The minimum absolute atomic E-state index is 0.620. The molecule has 0 saturated heterocycles. The maximum atomic E-state index is 5.03. The lowest BCUT2D eigenvalue weighted by molar-refractivity contribution is 0.200. The quantitative estimate of drug-likeness (QED) is 0.683. The number of methoxy groups -OCH3 is 1. The lowest BCUT2D eigenvalue weighted by atomic mass is 10.3. The lowest BCUT2D eigenvalue weighted by Gasteiger charge is -2.01. The predicted molar refractivity (Wildman–Crippen MR) is 83.8 cm³/mol. The molecule has 0 saturated carbocycles. The third-order valence-electron chi connectivity index (χ3n) is 2.89. The van der Waals surface area contributed by atoms with E-state index < -0.39 is 0 Å². The van der Waals surface area contributed by atoms with Crippen LogP contribution < -0.4 is 0 Å². The summed E-state index contributed by atoms with van der Waals surface area (Å²) in [5.41, 5.74) is 0.794. The van der Waals surface area contributed by atoms with Crippen LogP contribution in [-0.2, 0) is 18.2 Å². The van der Waals surface area contributed by atoms with Gasteiger partial charge in [0.2, 0.25) is 0 Å². The van der Waals surface area contributed by atoms with Crippen molar-refractivity contribution in [3.8, 4) is 11.5 Å². The number of pyridine rings is 1. The van der Waals surface area contributed by atoms with E-state index in [4.69, 9.17) is 4.74 Å². The molecule has 22 heavy (non-hydrogen) atoms. The predicted octanol–water partition coefficient (Wildman–Crippen LogP) is 2.07. The smallest absolute Gasteiger partial charge is 0.198 e. The summed E-state index contributed by atoms with van der Waals surface area (Å²) in [5, 5.41) is 9.17. The molecule has 0 amide bonds. The second-order valence-electron chi connectivity index (χ2n) is 4.40. The van der Waals surface area contributed by atoms with E-state index in [0.717, 1.165) is 26.8 Å². The van der Waals surface area contributed by atoms with Crippen LogP contribution in [0.2, 0.25) is 0 Å². The molecule has 0 aliphatic rings. The van der Waals surface area contributed by atoms with Crippen molar-refractivity contribution in [3.05, 3.63) is 30.2 Å². The number of aromatic nitrogens is 6. The first kappa shape index (κ1) is 15.1. The second kappa shape index (κ2) is 6.95. The molecule has 0 unspecified atom stereocenters. The first-order chi connectivity index (χ1) is 10.8. The summed E-state index contributed by atoms with van der Waals surface area (Å²) in [4.78, 5) is 8.76. The molecule has 7 nitrogen and oxygen atoms in total. The summed E-state index contributed by atoms with van der Waals surface area (Å²) in [5.74, 6) is 1.52. The Labute approximate surface area is 136 Å². The average Bonchev–Trinajstić information content (AvgIpc) is 3.14. The van der Waals surface area contributed by atoms with Gasteiger partial charge in [-0.3, -0.25) is 4.98 Å². The van der Waals surface area contributed by atoms with Gasteiger partial charge < -0.3 is 9.30 Å². The highest BCUT2D eigenvalue weighted by Crippen LogP contribution is 2.29. The van der Waals surface area contributed by atoms with Crippen LogP contribution in [0.3, 0.4) is 0 Å². The van der Waals surface area contributed by atoms with Gasteiger partial charge in [0, 0.05) is 26.8 Å². The molecule has 114 valence electrons. The molecule has 0 fully saturated rings. The minimum atomic E-state index is 0.620. The molecule has 0 spiro atoms. The van der Waals surface area contributed by atoms with Crippen LogP contribution in [0.4, 0.5) is 0 Å². The monoisotopic (exact) mass is 334 g/mol. The molecule has 3 aromatic heterocycles. The van der Waals surface area contributed by atoms with Gasteiger partial charge in [-0.25, -0.2) is 4.98 Å². The van der Waals surface area contributed by atoms with E-state index in [-0.39, 0.29) is 0 Å². The van der Waals surface area contributed by atoms with E-state index in [2.05, 4.69) is 24.5 Å². The van der Waals surface area contributed by atoms with Gasteiger partial charge in [0.25, 0.3) is 0 Å². The summed E-state index contributed by atoms with van der Waals surface area (Å²) in [6, 6.07) is 5.71. The van der Waals surface area contributed by atoms with Gasteiger partial charge in [-0.1, -0.05) is 6.07 Å². The largest absolute Gasteiger partial charge is 0.384 e. The van der Waals surface area contributed by atoms with Gasteiger partial charge >= 0.3 is 0 Å². The minimum Gasteiger partial charge on any atom is -0.384 e. The Bertz CT molecular complexity index is 742. The maximum Gasteiger partial charge on any atom is 0.198 e. The Morgan fingerprint density at radius 2 is 2.23 bits per heavy atom. The van der Waals surface area contributed by atoms with E-state index in [0.29, 0.717) is 13.0 Å². The van der Waals surface area contributed by atoms with Crippen molar-refractivity contribution in [2.24, 2.45) is 7.05 Å². The van der Waals surface area contributed by atoms with E-state index in [9.17, 15) is 0 Å². The average molecular weight is 334 g/mol. The fourth-order valence-corrected chi connectivity index (χ4v) is 3.33. The first-order valence-corrected chi connectivity index (χ1v) is 8.17. The standard InChI is InChI=1S/C13H14N6OS2/c1-19-11(9-5-3-4-7-14-9)16-17-12(19)21-13-15-10(18-22-13)6-8-20-2/h3-5,7H,6,8H2,1-2H3. The van der Waals surface area contributed by atoms with Crippen molar-refractivity contribution < 1.29 is 4.74 Å². The molecule has 0 bridgehead atoms. The molecular weight excluding hydrogens is 320 g/mol. The third kappa shape index (κ3) is 3.32. The highest BCUT2D eigenvalue weighted by molar-refractivity contribution is 8.00. The van der Waals surface area contributed by atoms with Crippen molar-refractivity contribution in [1.82, 2.24) is 29.1 Å². The maximum absolute atomic E-state index is 5.03. The molecule has 0 aliphatic heterocycles. The molecule has 0 atom stereocenters. The number of rotatable bonds is 6. The van der Waals surface area contributed by atoms with Crippen molar-refractivity contribution >= 4 is 23.3 Å². The number of nitrogens with zero attached hydrogens (tertiary/aromatic N) is 6. The van der Waals surface area contributed by atoms with Crippen LogP contribution in [0.15, 0.2) is 33.9 Å². The van der Waals surface area contributed by atoms with Gasteiger partial charge in [0.15, 0.2) is 15.3 Å². The van der Waals surface area contributed by atoms with Gasteiger partial charge in [0.1, 0.15) is 11.5 Å². The first-order valence-electron chi connectivity index (χ1n) is 6.58. The molecule has 9 heteroatoms. The van der Waals surface area contributed by atoms with Crippen LogP contribution in [-0.4, -0.2) is 42.8 Å². The van der Waals surface area contributed by atoms with Gasteiger partial charge in [-0.15, -0.1) is 10.2 Å². The number of hydrogen-bond acceptors (Lipinski definition) is 8. The Hall–Kier alpha value is -1.84. The Kier molecular flexibility index (Phi) is 4.76. The summed E-state index contributed by atoms with van der Waals surface area (Å²) >= 11 is 2.81. The normalized spacial score (nSPS) is 11.0. The summed E-state index contributed by atoms with van der Waals surface area (Å²) in [6.07, 6.45) is 2.45. The van der Waals surface area contributed by atoms with E-state index in [1.54, 1.807) is 13.3 Å². The number of hydrogen-bond donors (Lipinski definition) is 0. The highest BCUT2D eigenvalue weighted by Gasteiger charge is 2.14. The molecule has 0 N–H and O–H groups in total. The third-order valence-corrected chi connectivity index (χ3v) is 4.71. The fourth-order valence-electron chi connectivity index (χ4n) is 1.77. The van der Waals surface area contributed by atoms with Crippen molar-refractivity contribution in [3.63, 3.8) is 0 Å². The van der Waals surface area contributed by atoms with Gasteiger partial charge in [-0.05, 0) is 35.4 Å². The second-order valence-corrected chi connectivity index (χ2v) is 6.37.